The van der Waals surface area contributed by atoms with Gasteiger partial charge in [0.05, 0.1) is 0 Å². The van der Waals surface area contributed by atoms with E-state index in [1.807, 2.05) is 24.0 Å². The van der Waals surface area contributed by atoms with Crippen LogP contribution in [0.4, 0.5) is 0 Å². The van der Waals surface area contributed by atoms with E-state index in [1.54, 1.807) is 0 Å². The van der Waals surface area contributed by atoms with Crippen molar-refractivity contribution in [2.45, 2.75) is 19.3 Å². The first kappa shape index (κ1) is 8.05. The van der Waals surface area contributed by atoms with Gasteiger partial charge in [-0.1, -0.05) is 6.08 Å². The Morgan fingerprint density at radius 1 is 1.73 bits per heavy atom. The molecule has 0 saturated heterocycles. The van der Waals surface area contributed by atoms with Crippen molar-refractivity contribution in [2.24, 2.45) is 7.05 Å². The maximum Gasteiger partial charge on any atom is 0.0492 e. The third-order valence-electron chi connectivity index (χ3n) is 1.76. The second-order valence-corrected chi connectivity index (χ2v) is 2.63. The summed E-state index contributed by atoms with van der Waals surface area (Å²) in [5.74, 6) is 0. The van der Waals surface area contributed by atoms with E-state index in [4.69, 9.17) is 0 Å². The number of nitrogens with zero attached hydrogens (tertiary/aromatic N) is 2. The second-order valence-electron chi connectivity index (χ2n) is 2.63. The number of unbranched alkanes of at least 4 members (excludes halogenated alkanes) is 1. The van der Waals surface area contributed by atoms with Crippen molar-refractivity contribution in [2.75, 3.05) is 0 Å². The van der Waals surface area contributed by atoms with Gasteiger partial charge in [0, 0.05) is 18.9 Å². The van der Waals surface area contributed by atoms with Crippen molar-refractivity contribution in [3.8, 4) is 0 Å². The van der Waals surface area contributed by atoms with Crippen LogP contribution in [-0.4, -0.2) is 9.78 Å². The fourth-order valence-corrected chi connectivity index (χ4v) is 1.07. The Bertz CT molecular complexity index is 225. The van der Waals surface area contributed by atoms with Gasteiger partial charge in [0.2, 0.25) is 0 Å². The van der Waals surface area contributed by atoms with Crippen LogP contribution in [0.2, 0.25) is 0 Å². The van der Waals surface area contributed by atoms with Gasteiger partial charge in [-0.15, -0.1) is 6.58 Å². The minimum absolute atomic E-state index is 1.09. The topological polar surface area (TPSA) is 17.8 Å². The molecule has 0 aromatic carbocycles. The molecular weight excluding hydrogens is 136 g/mol. The van der Waals surface area contributed by atoms with Gasteiger partial charge in [0.1, 0.15) is 0 Å². The van der Waals surface area contributed by atoms with E-state index in [0.29, 0.717) is 0 Å². The van der Waals surface area contributed by atoms with E-state index in [9.17, 15) is 0 Å². The second kappa shape index (κ2) is 3.96. The van der Waals surface area contributed by atoms with Gasteiger partial charge < -0.3 is 0 Å². The summed E-state index contributed by atoms with van der Waals surface area (Å²) in [6, 6.07) is 2.06. The maximum absolute atomic E-state index is 4.09. The van der Waals surface area contributed by atoms with Crippen LogP contribution in [0.25, 0.3) is 0 Å². The van der Waals surface area contributed by atoms with E-state index in [0.717, 1.165) is 12.8 Å². The Kier molecular flexibility index (Phi) is 2.90. The zero-order valence-corrected chi connectivity index (χ0v) is 6.95. The molecule has 0 fully saturated rings. The number of hydrogen-bond acceptors (Lipinski definition) is 1. The molecule has 0 unspecified atom stereocenters. The molecule has 60 valence electrons. The highest BCUT2D eigenvalue weighted by atomic mass is 15.2. The quantitative estimate of drug-likeness (QED) is 0.473. The predicted octanol–water partition coefficient (Wildman–Crippen LogP) is 1.93. The van der Waals surface area contributed by atoms with E-state index >= 15 is 0 Å². The van der Waals surface area contributed by atoms with Crippen molar-refractivity contribution >= 4 is 0 Å². The number of allylic oxidation sites excluding steroid dienone is 1. The van der Waals surface area contributed by atoms with Crippen LogP contribution in [0.5, 0.6) is 0 Å². The van der Waals surface area contributed by atoms with Crippen LogP contribution < -0.4 is 0 Å². The summed E-state index contributed by atoms with van der Waals surface area (Å²) in [6.45, 7) is 3.68. The molecule has 1 aromatic rings. The first-order valence-corrected chi connectivity index (χ1v) is 3.92. The van der Waals surface area contributed by atoms with Crippen molar-refractivity contribution < 1.29 is 0 Å². The van der Waals surface area contributed by atoms with Gasteiger partial charge in [-0.3, -0.25) is 4.68 Å². The lowest BCUT2D eigenvalue weighted by Gasteiger charge is -1.98. The zero-order valence-electron chi connectivity index (χ0n) is 6.95. The Labute approximate surface area is 67.5 Å². The Balaban J connectivity index is 2.38. The monoisotopic (exact) mass is 150 g/mol. The van der Waals surface area contributed by atoms with Crippen molar-refractivity contribution in [3.05, 3.63) is 30.6 Å². The van der Waals surface area contributed by atoms with Gasteiger partial charge in [-0.2, -0.15) is 5.10 Å². The molecule has 1 rings (SSSR count). The summed E-state index contributed by atoms with van der Waals surface area (Å²) in [6.07, 6.45) is 7.15. The number of rotatable bonds is 4. The van der Waals surface area contributed by atoms with Gasteiger partial charge in [0.15, 0.2) is 0 Å². The van der Waals surface area contributed by atoms with E-state index in [1.165, 1.54) is 12.1 Å². The van der Waals surface area contributed by atoms with E-state index in [-0.39, 0.29) is 0 Å². The number of aryl methyl sites for hydroxylation is 2. The zero-order chi connectivity index (χ0) is 8.10. The minimum Gasteiger partial charge on any atom is -0.273 e. The first-order valence-electron chi connectivity index (χ1n) is 3.92. The largest absolute Gasteiger partial charge is 0.273 e. The van der Waals surface area contributed by atoms with Crippen molar-refractivity contribution in [1.29, 1.82) is 0 Å². The summed E-state index contributed by atoms with van der Waals surface area (Å²) in [5.41, 5.74) is 1.30. The molecule has 2 heteroatoms. The summed E-state index contributed by atoms with van der Waals surface area (Å²) >= 11 is 0. The molecule has 0 aliphatic heterocycles. The van der Waals surface area contributed by atoms with Gasteiger partial charge in [-0.25, -0.2) is 0 Å². The number of hydrogen-bond donors (Lipinski definition) is 0. The lowest BCUT2D eigenvalue weighted by atomic mass is 10.2. The summed E-state index contributed by atoms with van der Waals surface area (Å²) in [7, 11) is 1.98. The minimum atomic E-state index is 1.09. The molecule has 0 aliphatic carbocycles. The van der Waals surface area contributed by atoms with Gasteiger partial charge in [-0.05, 0) is 25.3 Å². The fraction of sp³-hybridized carbons (Fsp3) is 0.444. The molecule has 1 aromatic heterocycles. The molecular formula is C9H14N2. The summed E-state index contributed by atoms with van der Waals surface area (Å²) < 4.78 is 1.92. The predicted molar refractivity (Wildman–Crippen MR) is 46.3 cm³/mol. The maximum atomic E-state index is 4.09. The normalized spacial score (nSPS) is 9.91. The van der Waals surface area contributed by atoms with Crippen LogP contribution in [0.1, 0.15) is 18.5 Å². The molecule has 0 aliphatic rings. The average Bonchev–Trinajstić information content (AvgIpc) is 2.37. The SMILES string of the molecule is C=CCCCc1ccnn1C. The van der Waals surface area contributed by atoms with Crippen molar-refractivity contribution in [3.63, 3.8) is 0 Å². The molecule has 11 heavy (non-hydrogen) atoms. The smallest absolute Gasteiger partial charge is 0.0492 e. The highest BCUT2D eigenvalue weighted by Crippen LogP contribution is 2.02. The van der Waals surface area contributed by atoms with Gasteiger partial charge >= 0.3 is 0 Å². The van der Waals surface area contributed by atoms with Crippen LogP contribution in [-0.2, 0) is 13.5 Å². The first-order chi connectivity index (χ1) is 5.34. The lowest BCUT2D eigenvalue weighted by molar-refractivity contribution is 0.686. The molecule has 2 nitrogen and oxygen atoms in total. The summed E-state index contributed by atoms with van der Waals surface area (Å²) in [4.78, 5) is 0. The molecule has 1 heterocycles. The Hall–Kier alpha value is -1.05. The summed E-state index contributed by atoms with van der Waals surface area (Å²) in [5, 5.41) is 4.09. The molecule has 0 bridgehead atoms. The molecule has 0 N–H and O–H groups in total. The molecule has 0 saturated carbocycles. The third kappa shape index (κ3) is 2.22. The fourth-order valence-electron chi connectivity index (χ4n) is 1.07. The molecule has 0 spiro atoms. The average molecular weight is 150 g/mol. The van der Waals surface area contributed by atoms with E-state index < -0.39 is 0 Å². The molecule has 0 amide bonds. The standard InChI is InChI=1S/C9H14N2/c1-3-4-5-6-9-7-8-10-11(9)2/h3,7-8H,1,4-6H2,2H3. The van der Waals surface area contributed by atoms with Crippen LogP contribution in [0, 0.1) is 0 Å². The highest BCUT2D eigenvalue weighted by Gasteiger charge is 1.95. The molecule has 0 radical (unpaired) electrons. The Morgan fingerprint density at radius 3 is 3.09 bits per heavy atom. The number of aromatic nitrogens is 2. The van der Waals surface area contributed by atoms with Crippen LogP contribution in [0.3, 0.4) is 0 Å². The lowest BCUT2D eigenvalue weighted by Crippen LogP contribution is -1.97. The molecule has 0 atom stereocenters. The Morgan fingerprint density at radius 2 is 2.55 bits per heavy atom. The van der Waals surface area contributed by atoms with Crippen LogP contribution >= 0.6 is 0 Å². The van der Waals surface area contributed by atoms with Crippen LogP contribution in [0.15, 0.2) is 24.9 Å². The highest BCUT2D eigenvalue weighted by molar-refractivity contribution is 4.99. The van der Waals surface area contributed by atoms with Gasteiger partial charge in [0.25, 0.3) is 0 Å². The van der Waals surface area contributed by atoms with Crippen molar-refractivity contribution in [1.82, 2.24) is 9.78 Å². The van der Waals surface area contributed by atoms with E-state index in [2.05, 4.69) is 17.7 Å². The third-order valence-corrected chi connectivity index (χ3v) is 1.76.